The van der Waals surface area contributed by atoms with Crippen molar-refractivity contribution in [2.45, 2.75) is 19.2 Å². The maximum atomic E-state index is 12.8. The zero-order valence-electron chi connectivity index (χ0n) is 24.6. The number of aromatic nitrogens is 3. The van der Waals surface area contributed by atoms with E-state index in [1.165, 1.54) is 12.1 Å². The number of carbonyl (C=O) groups is 1. The van der Waals surface area contributed by atoms with Crippen molar-refractivity contribution in [3.8, 4) is 23.1 Å². The van der Waals surface area contributed by atoms with Gasteiger partial charge in [0.05, 0.1) is 21.5 Å². The second-order valence-electron chi connectivity index (χ2n) is 10.4. The van der Waals surface area contributed by atoms with Gasteiger partial charge in [0.1, 0.15) is 29.7 Å². The number of halogens is 3. The zero-order chi connectivity index (χ0) is 33.1. The van der Waals surface area contributed by atoms with Gasteiger partial charge in [-0.2, -0.15) is 13.2 Å². The molecule has 0 radical (unpaired) electrons. The maximum Gasteiger partial charge on any atom is 0.416 e. The SMILES string of the molecule is Cn1c(COc2ccc(Cc3sc(=O)[nH]c3O)cc2)nc2ccc(Oc3cccc(NC(=O)Nc4ccc(C(F)(F)F)cc4)c3)cc21. The van der Waals surface area contributed by atoms with Crippen LogP contribution in [0.3, 0.4) is 0 Å². The van der Waals surface area contributed by atoms with Gasteiger partial charge in [-0.3, -0.25) is 9.78 Å². The molecule has 0 aliphatic carbocycles. The van der Waals surface area contributed by atoms with Crippen LogP contribution in [0.2, 0.25) is 0 Å². The van der Waals surface area contributed by atoms with E-state index in [1.54, 1.807) is 30.3 Å². The number of carbonyl (C=O) groups excluding carboxylic acids is 1. The predicted molar refractivity (Wildman–Crippen MR) is 171 cm³/mol. The summed E-state index contributed by atoms with van der Waals surface area (Å²) in [7, 11) is 1.87. The van der Waals surface area contributed by atoms with Crippen LogP contribution in [0.4, 0.5) is 29.3 Å². The van der Waals surface area contributed by atoms with E-state index in [0.717, 1.165) is 40.1 Å². The fourth-order valence-corrected chi connectivity index (χ4v) is 5.49. The monoisotopic (exact) mass is 661 g/mol. The van der Waals surface area contributed by atoms with Crippen molar-refractivity contribution >= 4 is 39.8 Å². The third-order valence-corrected chi connectivity index (χ3v) is 7.97. The summed E-state index contributed by atoms with van der Waals surface area (Å²) in [4.78, 5) is 31.2. The van der Waals surface area contributed by atoms with E-state index >= 15 is 0 Å². The highest BCUT2D eigenvalue weighted by Gasteiger charge is 2.30. The number of nitrogens with zero attached hydrogens (tertiary/aromatic N) is 2. The number of hydrogen-bond acceptors (Lipinski definition) is 7. The van der Waals surface area contributed by atoms with Gasteiger partial charge >= 0.3 is 17.1 Å². The fraction of sp³-hybridized carbons (Fsp3) is 0.121. The fourth-order valence-electron chi connectivity index (χ4n) is 4.73. The third kappa shape index (κ3) is 7.56. The van der Waals surface area contributed by atoms with Gasteiger partial charge in [-0.25, -0.2) is 9.78 Å². The third-order valence-electron chi connectivity index (χ3n) is 7.10. The second-order valence-corrected chi connectivity index (χ2v) is 11.5. The summed E-state index contributed by atoms with van der Waals surface area (Å²) in [6.45, 7) is 0.211. The van der Waals surface area contributed by atoms with Gasteiger partial charge in [0.25, 0.3) is 0 Å². The summed E-state index contributed by atoms with van der Waals surface area (Å²) in [6, 6.07) is 23.0. The van der Waals surface area contributed by atoms with Gasteiger partial charge in [0.2, 0.25) is 5.88 Å². The second kappa shape index (κ2) is 12.9. The van der Waals surface area contributed by atoms with E-state index in [0.29, 0.717) is 40.1 Å². The smallest absolute Gasteiger partial charge is 0.416 e. The molecular weight excluding hydrogens is 635 g/mol. The molecule has 2 aromatic heterocycles. The molecule has 0 unspecified atom stereocenters. The van der Waals surface area contributed by atoms with E-state index in [9.17, 15) is 27.9 Å². The first-order valence-corrected chi connectivity index (χ1v) is 14.9. The van der Waals surface area contributed by atoms with Crippen LogP contribution in [-0.2, 0) is 26.3 Å². The Morgan fingerprint density at radius 1 is 0.936 bits per heavy atom. The normalized spacial score (nSPS) is 11.4. The number of urea groups is 1. The van der Waals surface area contributed by atoms with Crippen LogP contribution in [0.5, 0.6) is 23.1 Å². The van der Waals surface area contributed by atoms with Crippen LogP contribution in [-0.4, -0.2) is 25.7 Å². The lowest BCUT2D eigenvalue weighted by molar-refractivity contribution is -0.137. The van der Waals surface area contributed by atoms with Crippen molar-refractivity contribution in [1.29, 1.82) is 0 Å². The highest BCUT2D eigenvalue weighted by atomic mass is 32.1. The lowest BCUT2D eigenvalue weighted by Crippen LogP contribution is -2.19. The number of amides is 2. The molecule has 2 heterocycles. The number of anilines is 2. The van der Waals surface area contributed by atoms with Gasteiger partial charge in [-0.05, 0) is 66.2 Å². The Hall–Kier alpha value is -5.76. The number of aromatic amines is 1. The minimum absolute atomic E-state index is 0.108. The van der Waals surface area contributed by atoms with E-state index in [4.69, 9.17) is 9.47 Å². The topological polar surface area (TPSA) is 130 Å². The molecule has 6 rings (SSSR count). The first-order chi connectivity index (χ1) is 22.5. The van der Waals surface area contributed by atoms with E-state index < -0.39 is 17.8 Å². The van der Waals surface area contributed by atoms with Crippen molar-refractivity contribution in [3.05, 3.63) is 122 Å². The van der Waals surface area contributed by atoms with Crippen LogP contribution in [0.15, 0.2) is 95.8 Å². The molecule has 6 aromatic rings. The molecule has 14 heteroatoms. The zero-order valence-corrected chi connectivity index (χ0v) is 25.4. The highest BCUT2D eigenvalue weighted by molar-refractivity contribution is 7.09. The quantitative estimate of drug-likeness (QED) is 0.126. The molecule has 0 atom stereocenters. The van der Waals surface area contributed by atoms with E-state index in [2.05, 4.69) is 20.6 Å². The standard InChI is InChI=1S/C33H26F3N5O5S/c1-41-27-17-25(46-24-4-2-3-22(16-24)38-31(43)37-21-9-7-20(8-10-21)33(34,35)36)13-14-26(27)39-29(41)18-45-23-11-5-19(6-12-23)15-28-30(42)40-32(44)47-28/h2-14,16-17,42H,15,18H2,1H3,(H,40,44)(H2,37,38,43). The molecule has 10 nitrogen and oxygen atoms in total. The predicted octanol–water partition coefficient (Wildman–Crippen LogP) is 7.65. The average molecular weight is 662 g/mol. The molecule has 4 N–H and O–H groups in total. The Labute approximate surface area is 269 Å². The molecule has 240 valence electrons. The van der Waals surface area contributed by atoms with Gasteiger partial charge < -0.3 is 29.8 Å². The number of hydrogen-bond donors (Lipinski definition) is 4. The molecule has 0 spiro atoms. The first-order valence-electron chi connectivity index (χ1n) is 14.1. The number of rotatable bonds is 9. The lowest BCUT2D eigenvalue weighted by Gasteiger charge is -2.11. The number of nitrogens with one attached hydrogen (secondary N) is 3. The lowest BCUT2D eigenvalue weighted by atomic mass is 10.1. The number of alkyl halides is 3. The summed E-state index contributed by atoms with van der Waals surface area (Å²) in [6.07, 6.45) is -4.04. The number of H-pyrrole nitrogens is 1. The Balaban J connectivity index is 1.06. The maximum absolute atomic E-state index is 12.8. The Morgan fingerprint density at radius 2 is 1.64 bits per heavy atom. The van der Waals surface area contributed by atoms with E-state index in [1.807, 2.05) is 48.0 Å². The Kier molecular flexibility index (Phi) is 8.59. The summed E-state index contributed by atoms with van der Waals surface area (Å²) in [5, 5.41) is 15.0. The molecule has 0 saturated carbocycles. The van der Waals surface area contributed by atoms with Gasteiger partial charge in [0.15, 0.2) is 0 Å². The van der Waals surface area contributed by atoms with Crippen molar-refractivity contribution in [2.75, 3.05) is 10.6 Å². The number of benzene rings is 4. The van der Waals surface area contributed by atoms with Crippen LogP contribution in [0.25, 0.3) is 11.0 Å². The molecular formula is C33H26F3N5O5S. The molecule has 0 saturated heterocycles. The van der Waals surface area contributed by atoms with Crippen LogP contribution in [0, 0.1) is 0 Å². The van der Waals surface area contributed by atoms with Crippen molar-refractivity contribution < 1.29 is 32.5 Å². The van der Waals surface area contributed by atoms with Gasteiger partial charge in [0, 0.05) is 37.0 Å². The van der Waals surface area contributed by atoms with Gasteiger partial charge in [-0.1, -0.05) is 29.5 Å². The minimum Gasteiger partial charge on any atom is -0.494 e. The molecule has 0 aliphatic rings. The average Bonchev–Trinajstić information content (AvgIpc) is 3.52. The number of imidazole rings is 1. The molecule has 0 aliphatic heterocycles. The van der Waals surface area contributed by atoms with Crippen LogP contribution < -0.4 is 25.0 Å². The number of fused-ring (bicyclic) bond motifs is 1. The molecule has 4 aromatic carbocycles. The van der Waals surface area contributed by atoms with E-state index in [-0.39, 0.29) is 23.0 Å². The van der Waals surface area contributed by atoms with Crippen molar-refractivity contribution in [2.24, 2.45) is 7.05 Å². The minimum atomic E-state index is -4.46. The highest BCUT2D eigenvalue weighted by Crippen LogP contribution is 2.31. The van der Waals surface area contributed by atoms with Crippen LogP contribution in [0.1, 0.15) is 21.8 Å². The van der Waals surface area contributed by atoms with Crippen LogP contribution >= 0.6 is 11.3 Å². The molecule has 47 heavy (non-hydrogen) atoms. The summed E-state index contributed by atoms with van der Waals surface area (Å²) >= 11 is 0.975. The molecule has 0 bridgehead atoms. The largest absolute Gasteiger partial charge is 0.494 e. The number of ether oxygens (including phenoxy) is 2. The Morgan fingerprint density at radius 3 is 2.34 bits per heavy atom. The van der Waals surface area contributed by atoms with Gasteiger partial charge in [-0.15, -0.1) is 0 Å². The molecule has 2 amide bonds. The first kappa shape index (κ1) is 31.2. The summed E-state index contributed by atoms with van der Waals surface area (Å²) in [5.41, 5.74) is 2.29. The number of thiazole rings is 1. The summed E-state index contributed by atoms with van der Waals surface area (Å²) in [5.74, 6) is 2.20. The summed E-state index contributed by atoms with van der Waals surface area (Å²) < 4.78 is 52.3. The number of aryl methyl sites for hydroxylation is 1. The molecule has 0 fully saturated rings. The van der Waals surface area contributed by atoms with Crippen molar-refractivity contribution in [3.63, 3.8) is 0 Å². The Bertz CT molecular complexity index is 2110. The number of aromatic hydroxyl groups is 1. The van der Waals surface area contributed by atoms with Crippen molar-refractivity contribution in [1.82, 2.24) is 14.5 Å².